The second-order valence-electron chi connectivity index (χ2n) is 2.64. The summed E-state index contributed by atoms with van der Waals surface area (Å²) in [7, 11) is 0. The predicted molar refractivity (Wildman–Crippen MR) is 52.3 cm³/mol. The van der Waals surface area contributed by atoms with Crippen LogP contribution >= 0.6 is 15.9 Å². The maximum absolute atomic E-state index is 10.8. The molecule has 0 bridgehead atoms. The van der Waals surface area contributed by atoms with Crippen LogP contribution in [0.1, 0.15) is 10.5 Å². The average molecular weight is 240 g/mol. The molecule has 2 aromatic heterocycles. The van der Waals surface area contributed by atoms with E-state index in [0.29, 0.717) is 11.3 Å². The van der Waals surface area contributed by atoms with Gasteiger partial charge in [0.2, 0.25) is 0 Å². The van der Waals surface area contributed by atoms with Gasteiger partial charge in [-0.3, -0.25) is 4.79 Å². The Hall–Kier alpha value is -1.36. The predicted octanol–water partition coefficient (Wildman–Crippen LogP) is 1.42. The van der Waals surface area contributed by atoms with Crippen LogP contribution in [0.2, 0.25) is 0 Å². The van der Waals surface area contributed by atoms with Crippen LogP contribution in [0.25, 0.3) is 11.0 Å². The first kappa shape index (κ1) is 8.25. The van der Waals surface area contributed by atoms with Gasteiger partial charge in [0, 0.05) is 16.1 Å². The molecule has 0 aliphatic carbocycles. The summed E-state index contributed by atoms with van der Waals surface area (Å²) >= 11 is 3.29. The zero-order chi connectivity index (χ0) is 9.42. The number of carbonyl (C=O) groups is 1. The van der Waals surface area contributed by atoms with E-state index < -0.39 is 5.91 Å². The number of aromatic nitrogens is 2. The molecular formula is C8H6BrN3O. The maximum atomic E-state index is 10.8. The van der Waals surface area contributed by atoms with Gasteiger partial charge in [-0.2, -0.15) is 0 Å². The molecule has 13 heavy (non-hydrogen) atoms. The molecule has 0 saturated carbocycles. The number of hydrogen-bond donors (Lipinski definition) is 2. The Morgan fingerprint density at radius 2 is 2.31 bits per heavy atom. The summed E-state index contributed by atoms with van der Waals surface area (Å²) in [5.41, 5.74) is 6.15. The lowest BCUT2D eigenvalue weighted by Crippen LogP contribution is -2.10. The van der Waals surface area contributed by atoms with E-state index in [9.17, 15) is 4.79 Å². The zero-order valence-corrected chi connectivity index (χ0v) is 8.13. The van der Waals surface area contributed by atoms with E-state index in [0.717, 1.165) is 9.86 Å². The van der Waals surface area contributed by atoms with Crippen molar-refractivity contribution in [3.63, 3.8) is 0 Å². The Morgan fingerprint density at radius 3 is 3.00 bits per heavy atom. The van der Waals surface area contributed by atoms with Crippen LogP contribution in [0.4, 0.5) is 0 Å². The number of nitrogens with two attached hydrogens (primary N) is 1. The number of pyridine rings is 1. The molecule has 1 amide bonds. The topological polar surface area (TPSA) is 71.8 Å². The van der Waals surface area contributed by atoms with Gasteiger partial charge in [0.25, 0.3) is 5.91 Å². The fourth-order valence-electron chi connectivity index (χ4n) is 1.12. The summed E-state index contributed by atoms with van der Waals surface area (Å²) in [5, 5.41) is 0.864. The molecule has 5 heteroatoms. The van der Waals surface area contributed by atoms with Crippen LogP contribution in [0, 0.1) is 0 Å². The number of nitrogens with one attached hydrogen (secondary N) is 1. The summed E-state index contributed by atoms with van der Waals surface area (Å²) in [6.07, 6.45) is 1.66. The summed E-state index contributed by atoms with van der Waals surface area (Å²) in [6.45, 7) is 0. The third-order valence-corrected chi connectivity index (χ3v) is 2.14. The number of hydrogen-bond acceptors (Lipinski definition) is 2. The fraction of sp³-hybridized carbons (Fsp3) is 0. The van der Waals surface area contributed by atoms with Crippen LogP contribution < -0.4 is 5.73 Å². The van der Waals surface area contributed by atoms with E-state index in [4.69, 9.17) is 5.73 Å². The number of amides is 1. The molecule has 2 aromatic rings. The SMILES string of the molecule is NC(=O)c1cc2cc(Br)cnc2[nH]1. The second kappa shape index (κ2) is 2.85. The molecule has 4 nitrogen and oxygen atoms in total. The van der Waals surface area contributed by atoms with Crippen molar-refractivity contribution in [2.45, 2.75) is 0 Å². The van der Waals surface area contributed by atoms with E-state index in [2.05, 4.69) is 25.9 Å². The molecule has 0 atom stereocenters. The molecule has 2 rings (SSSR count). The highest BCUT2D eigenvalue weighted by Gasteiger charge is 2.05. The first-order chi connectivity index (χ1) is 6.16. The van der Waals surface area contributed by atoms with Gasteiger partial charge in [0.1, 0.15) is 11.3 Å². The summed E-state index contributed by atoms with van der Waals surface area (Å²) in [5.74, 6) is -0.478. The Morgan fingerprint density at radius 1 is 1.54 bits per heavy atom. The molecule has 0 radical (unpaired) electrons. The van der Waals surface area contributed by atoms with Gasteiger partial charge >= 0.3 is 0 Å². The largest absolute Gasteiger partial charge is 0.364 e. The Labute approximate surface area is 82.3 Å². The molecule has 0 aromatic carbocycles. The highest BCUT2D eigenvalue weighted by molar-refractivity contribution is 9.10. The molecular weight excluding hydrogens is 234 g/mol. The molecule has 0 spiro atoms. The molecule has 2 heterocycles. The number of primary amides is 1. The third-order valence-electron chi connectivity index (χ3n) is 1.70. The van der Waals surface area contributed by atoms with E-state index in [1.54, 1.807) is 12.3 Å². The number of H-pyrrole nitrogens is 1. The molecule has 0 fully saturated rings. The lowest BCUT2D eigenvalue weighted by molar-refractivity contribution is 0.0996. The number of rotatable bonds is 1. The quantitative estimate of drug-likeness (QED) is 0.791. The Balaban J connectivity index is 2.68. The highest BCUT2D eigenvalue weighted by Crippen LogP contribution is 2.17. The number of halogens is 1. The van der Waals surface area contributed by atoms with Gasteiger partial charge in [0.15, 0.2) is 0 Å². The standard InChI is InChI=1S/C8H6BrN3O/c9-5-1-4-2-6(7(10)13)12-8(4)11-3-5/h1-3H,(H2,10,13)(H,11,12). The van der Waals surface area contributed by atoms with Gasteiger partial charge in [-0.05, 0) is 28.1 Å². The van der Waals surface area contributed by atoms with Crippen LogP contribution in [0.5, 0.6) is 0 Å². The van der Waals surface area contributed by atoms with Crippen molar-refractivity contribution >= 4 is 32.9 Å². The minimum atomic E-state index is -0.478. The smallest absolute Gasteiger partial charge is 0.265 e. The number of nitrogens with zero attached hydrogens (tertiary/aromatic N) is 1. The summed E-state index contributed by atoms with van der Waals surface area (Å²) in [4.78, 5) is 17.7. The van der Waals surface area contributed by atoms with Crippen molar-refractivity contribution in [1.82, 2.24) is 9.97 Å². The molecule has 0 saturated heterocycles. The van der Waals surface area contributed by atoms with Crippen molar-refractivity contribution < 1.29 is 4.79 Å². The van der Waals surface area contributed by atoms with Crippen molar-refractivity contribution in [1.29, 1.82) is 0 Å². The normalized spacial score (nSPS) is 10.5. The fourth-order valence-corrected chi connectivity index (χ4v) is 1.47. The minimum Gasteiger partial charge on any atom is -0.364 e. The molecule has 0 aliphatic rings. The van der Waals surface area contributed by atoms with E-state index in [1.807, 2.05) is 6.07 Å². The Bertz CT molecular complexity index is 477. The van der Waals surface area contributed by atoms with Crippen molar-refractivity contribution in [3.05, 3.63) is 28.5 Å². The van der Waals surface area contributed by atoms with Gasteiger partial charge in [0.05, 0.1) is 0 Å². The number of aromatic amines is 1. The summed E-state index contributed by atoms with van der Waals surface area (Å²) in [6, 6.07) is 3.54. The number of carbonyl (C=O) groups excluding carboxylic acids is 1. The van der Waals surface area contributed by atoms with E-state index in [-0.39, 0.29) is 0 Å². The molecule has 0 aliphatic heterocycles. The maximum Gasteiger partial charge on any atom is 0.265 e. The van der Waals surface area contributed by atoms with Gasteiger partial charge < -0.3 is 10.7 Å². The van der Waals surface area contributed by atoms with Crippen LogP contribution in [-0.2, 0) is 0 Å². The minimum absolute atomic E-state index is 0.376. The van der Waals surface area contributed by atoms with Gasteiger partial charge in [-0.25, -0.2) is 4.98 Å². The van der Waals surface area contributed by atoms with Crippen molar-refractivity contribution in [2.75, 3.05) is 0 Å². The molecule has 3 N–H and O–H groups in total. The monoisotopic (exact) mass is 239 g/mol. The summed E-state index contributed by atoms with van der Waals surface area (Å²) < 4.78 is 0.870. The Kier molecular flexibility index (Phi) is 1.81. The lowest BCUT2D eigenvalue weighted by Gasteiger charge is -1.88. The van der Waals surface area contributed by atoms with Crippen molar-refractivity contribution in [2.24, 2.45) is 5.73 Å². The number of fused-ring (bicyclic) bond motifs is 1. The lowest BCUT2D eigenvalue weighted by atomic mass is 10.3. The van der Waals surface area contributed by atoms with Crippen molar-refractivity contribution in [3.8, 4) is 0 Å². The van der Waals surface area contributed by atoms with Crippen LogP contribution in [0.3, 0.4) is 0 Å². The first-order valence-electron chi connectivity index (χ1n) is 3.61. The van der Waals surface area contributed by atoms with Gasteiger partial charge in [-0.1, -0.05) is 0 Å². The van der Waals surface area contributed by atoms with Crippen LogP contribution in [0.15, 0.2) is 22.8 Å². The van der Waals surface area contributed by atoms with E-state index >= 15 is 0 Å². The average Bonchev–Trinajstić information content (AvgIpc) is 2.46. The second-order valence-corrected chi connectivity index (χ2v) is 3.55. The first-order valence-corrected chi connectivity index (χ1v) is 4.40. The molecule has 0 unspecified atom stereocenters. The zero-order valence-electron chi connectivity index (χ0n) is 6.54. The van der Waals surface area contributed by atoms with E-state index in [1.165, 1.54) is 0 Å². The van der Waals surface area contributed by atoms with Crippen LogP contribution in [-0.4, -0.2) is 15.9 Å². The highest BCUT2D eigenvalue weighted by atomic mass is 79.9. The third kappa shape index (κ3) is 1.42. The van der Waals surface area contributed by atoms with Gasteiger partial charge in [-0.15, -0.1) is 0 Å². The molecule has 66 valence electrons.